The van der Waals surface area contributed by atoms with Crippen LogP contribution in [0.1, 0.15) is 6.92 Å². The molecule has 116 valence electrons. The molecule has 1 saturated heterocycles. The van der Waals surface area contributed by atoms with Gasteiger partial charge in [-0.2, -0.15) is 0 Å². The van der Waals surface area contributed by atoms with Crippen LogP contribution in [0.4, 0.5) is 0 Å². The first kappa shape index (κ1) is 16.5. The number of rotatable bonds is 4. The number of carboxylic acids is 1. The SMILES string of the molecule is CC1(C(=O)O)COCC1NS(=O)(=O)c1ccc(Cl)c(Cl)c1. The molecule has 0 spiro atoms. The first-order chi connectivity index (χ1) is 9.67. The fourth-order valence-electron chi connectivity index (χ4n) is 1.95. The maximum atomic E-state index is 12.3. The van der Waals surface area contributed by atoms with Crippen LogP contribution < -0.4 is 4.72 Å². The molecule has 0 aliphatic carbocycles. The minimum Gasteiger partial charge on any atom is -0.481 e. The van der Waals surface area contributed by atoms with Crippen molar-refractivity contribution in [1.29, 1.82) is 0 Å². The van der Waals surface area contributed by atoms with E-state index < -0.39 is 27.4 Å². The van der Waals surface area contributed by atoms with Gasteiger partial charge in [-0.25, -0.2) is 13.1 Å². The van der Waals surface area contributed by atoms with Gasteiger partial charge in [0.2, 0.25) is 10.0 Å². The van der Waals surface area contributed by atoms with Crippen molar-refractivity contribution in [2.24, 2.45) is 5.41 Å². The number of halogens is 2. The Hall–Kier alpha value is -0.860. The molecule has 2 rings (SSSR count). The Morgan fingerprint density at radius 2 is 2.10 bits per heavy atom. The standard InChI is InChI=1S/C12H13Cl2NO5S/c1-12(11(16)17)6-20-5-10(12)15-21(18,19)7-2-3-8(13)9(14)4-7/h2-4,10,15H,5-6H2,1H3,(H,16,17). The molecule has 1 heterocycles. The van der Waals surface area contributed by atoms with Gasteiger partial charge < -0.3 is 9.84 Å². The lowest BCUT2D eigenvalue weighted by Gasteiger charge is -2.25. The molecule has 0 saturated carbocycles. The van der Waals surface area contributed by atoms with Crippen LogP contribution in [-0.2, 0) is 19.6 Å². The third-order valence-electron chi connectivity index (χ3n) is 3.44. The van der Waals surface area contributed by atoms with Crippen LogP contribution in [0.2, 0.25) is 10.0 Å². The summed E-state index contributed by atoms with van der Waals surface area (Å²) in [4.78, 5) is 11.2. The highest BCUT2D eigenvalue weighted by Crippen LogP contribution is 2.31. The van der Waals surface area contributed by atoms with Gasteiger partial charge in [-0.05, 0) is 25.1 Å². The van der Waals surface area contributed by atoms with Crippen molar-refractivity contribution in [2.75, 3.05) is 13.2 Å². The second-order valence-electron chi connectivity index (χ2n) is 4.99. The highest BCUT2D eigenvalue weighted by molar-refractivity contribution is 7.89. The predicted molar refractivity (Wildman–Crippen MR) is 77.1 cm³/mol. The molecule has 21 heavy (non-hydrogen) atoms. The largest absolute Gasteiger partial charge is 0.481 e. The summed E-state index contributed by atoms with van der Waals surface area (Å²) in [6, 6.07) is 3.00. The molecule has 1 fully saturated rings. The fraction of sp³-hybridized carbons (Fsp3) is 0.417. The Labute approximate surface area is 132 Å². The molecule has 1 aromatic rings. The molecule has 1 aliphatic rings. The maximum Gasteiger partial charge on any atom is 0.313 e. The first-order valence-corrected chi connectivity index (χ1v) is 8.19. The van der Waals surface area contributed by atoms with Gasteiger partial charge in [0.15, 0.2) is 0 Å². The molecule has 0 aromatic heterocycles. The van der Waals surface area contributed by atoms with Crippen molar-refractivity contribution in [3.8, 4) is 0 Å². The quantitative estimate of drug-likeness (QED) is 0.860. The number of aliphatic carboxylic acids is 1. The number of nitrogens with one attached hydrogen (secondary N) is 1. The molecule has 2 atom stereocenters. The smallest absolute Gasteiger partial charge is 0.313 e. The third-order valence-corrected chi connectivity index (χ3v) is 5.65. The number of carbonyl (C=O) groups is 1. The number of ether oxygens (including phenoxy) is 1. The molecule has 9 heteroatoms. The van der Waals surface area contributed by atoms with E-state index in [4.69, 9.17) is 27.9 Å². The van der Waals surface area contributed by atoms with Gasteiger partial charge in [-0.1, -0.05) is 23.2 Å². The summed E-state index contributed by atoms with van der Waals surface area (Å²) >= 11 is 11.5. The van der Waals surface area contributed by atoms with E-state index in [2.05, 4.69) is 4.72 Å². The minimum absolute atomic E-state index is 0.0106. The van der Waals surface area contributed by atoms with Crippen LogP contribution in [0.15, 0.2) is 23.1 Å². The number of hydrogen-bond acceptors (Lipinski definition) is 4. The summed E-state index contributed by atoms with van der Waals surface area (Å²) < 4.78 is 32.1. The second-order valence-corrected chi connectivity index (χ2v) is 7.52. The highest BCUT2D eigenvalue weighted by Gasteiger charge is 2.48. The molecule has 1 aliphatic heterocycles. The summed E-state index contributed by atoms with van der Waals surface area (Å²) in [5.74, 6) is -1.12. The fourth-order valence-corrected chi connectivity index (χ4v) is 3.67. The van der Waals surface area contributed by atoms with E-state index in [0.717, 1.165) is 0 Å². The van der Waals surface area contributed by atoms with Crippen LogP contribution in [-0.4, -0.2) is 38.7 Å². The molecule has 0 radical (unpaired) electrons. The van der Waals surface area contributed by atoms with E-state index in [1.807, 2.05) is 0 Å². The topological polar surface area (TPSA) is 92.7 Å². The van der Waals surface area contributed by atoms with Crippen molar-refractivity contribution >= 4 is 39.2 Å². The Morgan fingerprint density at radius 3 is 2.67 bits per heavy atom. The number of hydrogen-bond donors (Lipinski definition) is 2. The highest BCUT2D eigenvalue weighted by atomic mass is 35.5. The molecule has 2 N–H and O–H groups in total. The van der Waals surface area contributed by atoms with E-state index in [0.29, 0.717) is 0 Å². The van der Waals surface area contributed by atoms with E-state index in [1.54, 1.807) is 0 Å². The Balaban J connectivity index is 2.29. The molecule has 0 bridgehead atoms. The van der Waals surface area contributed by atoms with Crippen LogP contribution in [0.25, 0.3) is 0 Å². The Kier molecular flexibility index (Phi) is 4.51. The lowest BCUT2D eigenvalue weighted by Crippen LogP contribution is -2.49. The Bertz CT molecular complexity index is 678. The van der Waals surface area contributed by atoms with Gasteiger partial charge in [0.1, 0.15) is 5.41 Å². The number of benzene rings is 1. The van der Waals surface area contributed by atoms with Gasteiger partial charge in [0.25, 0.3) is 0 Å². The normalized spacial score (nSPS) is 26.0. The van der Waals surface area contributed by atoms with Crippen LogP contribution in [0.3, 0.4) is 0 Å². The van der Waals surface area contributed by atoms with Gasteiger partial charge in [-0.15, -0.1) is 0 Å². The van der Waals surface area contributed by atoms with Crippen molar-refractivity contribution in [1.82, 2.24) is 4.72 Å². The van der Waals surface area contributed by atoms with E-state index >= 15 is 0 Å². The van der Waals surface area contributed by atoms with Crippen molar-refractivity contribution < 1.29 is 23.1 Å². The second kappa shape index (κ2) is 5.73. The zero-order valence-corrected chi connectivity index (χ0v) is 13.3. The summed E-state index contributed by atoms with van der Waals surface area (Å²) in [5.41, 5.74) is -1.32. The van der Waals surface area contributed by atoms with Crippen LogP contribution >= 0.6 is 23.2 Å². The van der Waals surface area contributed by atoms with Gasteiger partial charge >= 0.3 is 5.97 Å². The lowest BCUT2D eigenvalue weighted by atomic mass is 9.86. The lowest BCUT2D eigenvalue weighted by molar-refractivity contribution is -0.148. The molecule has 1 aromatic carbocycles. The van der Waals surface area contributed by atoms with E-state index in [-0.39, 0.29) is 28.2 Å². The molecule has 0 amide bonds. The third kappa shape index (κ3) is 3.17. The zero-order chi connectivity index (χ0) is 15.8. The van der Waals surface area contributed by atoms with Gasteiger partial charge in [0, 0.05) is 0 Å². The average molecular weight is 354 g/mol. The number of sulfonamides is 1. The molecular formula is C12H13Cl2NO5S. The monoisotopic (exact) mass is 353 g/mol. The molecule has 6 nitrogen and oxygen atoms in total. The summed E-state index contributed by atoms with van der Waals surface area (Å²) in [6.07, 6.45) is 0. The number of carboxylic acid groups (broad SMARTS) is 1. The first-order valence-electron chi connectivity index (χ1n) is 5.95. The van der Waals surface area contributed by atoms with Crippen LogP contribution in [0, 0.1) is 5.41 Å². The molecule has 2 unspecified atom stereocenters. The summed E-state index contributed by atoms with van der Waals surface area (Å²) in [6.45, 7) is 1.37. The van der Waals surface area contributed by atoms with Crippen molar-refractivity contribution in [3.05, 3.63) is 28.2 Å². The van der Waals surface area contributed by atoms with Crippen LogP contribution in [0.5, 0.6) is 0 Å². The van der Waals surface area contributed by atoms with Gasteiger partial charge in [0.05, 0.1) is 34.2 Å². The van der Waals surface area contributed by atoms with E-state index in [9.17, 15) is 18.3 Å². The summed E-state index contributed by atoms with van der Waals surface area (Å²) in [5, 5.41) is 9.57. The summed E-state index contributed by atoms with van der Waals surface area (Å²) in [7, 11) is -3.92. The van der Waals surface area contributed by atoms with E-state index in [1.165, 1.54) is 25.1 Å². The van der Waals surface area contributed by atoms with Crippen molar-refractivity contribution in [3.63, 3.8) is 0 Å². The Morgan fingerprint density at radius 1 is 1.43 bits per heavy atom. The predicted octanol–water partition coefficient (Wildman–Crippen LogP) is 1.76. The minimum atomic E-state index is -3.92. The zero-order valence-electron chi connectivity index (χ0n) is 11.0. The van der Waals surface area contributed by atoms with Crippen molar-refractivity contribution in [2.45, 2.75) is 17.9 Å². The average Bonchev–Trinajstić information content (AvgIpc) is 2.75. The molecular weight excluding hydrogens is 341 g/mol. The van der Waals surface area contributed by atoms with Gasteiger partial charge in [-0.3, -0.25) is 4.79 Å². The maximum absolute atomic E-state index is 12.3.